The minimum absolute atomic E-state index is 0.00950. The number of nitrogens with zero attached hydrogens (tertiary/aromatic N) is 1. The number of hydrogen-bond acceptors (Lipinski definition) is 4. The van der Waals surface area contributed by atoms with Gasteiger partial charge in [-0.3, -0.25) is 0 Å². The van der Waals surface area contributed by atoms with Gasteiger partial charge >= 0.3 is 0 Å². The fraction of sp³-hybridized carbons (Fsp3) is 0. The van der Waals surface area contributed by atoms with E-state index in [0.29, 0.717) is 20.6 Å². The van der Waals surface area contributed by atoms with E-state index < -0.39 is 9.84 Å². The van der Waals surface area contributed by atoms with Crippen LogP contribution < -0.4 is 0 Å². The molecule has 4 aromatic rings. The molecule has 4 rings (SSSR count). The van der Waals surface area contributed by atoms with E-state index in [-0.39, 0.29) is 9.80 Å². The van der Waals surface area contributed by atoms with Crippen molar-refractivity contribution in [2.24, 2.45) is 0 Å². The van der Waals surface area contributed by atoms with Crippen LogP contribution in [-0.4, -0.2) is 13.4 Å². The quantitative estimate of drug-likeness (QED) is 0.352. The Morgan fingerprint density at radius 1 is 1.03 bits per heavy atom. The predicted octanol–water partition coefficient (Wildman–Crippen LogP) is 6.54. The Balaban J connectivity index is 1.94. The van der Waals surface area contributed by atoms with Crippen molar-refractivity contribution < 1.29 is 8.42 Å². The number of nitriles is 1. The molecule has 0 aliphatic heterocycles. The Morgan fingerprint density at radius 2 is 1.76 bits per heavy atom. The van der Waals surface area contributed by atoms with Crippen molar-refractivity contribution in [3.8, 4) is 16.6 Å². The molecule has 8 heteroatoms. The molecule has 0 bridgehead atoms. The average molecular weight is 459 g/mol. The fourth-order valence-electron chi connectivity index (χ4n) is 3.00. The lowest BCUT2D eigenvalue weighted by Crippen LogP contribution is -2.03. The summed E-state index contributed by atoms with van der Waals surface area (Å²) in [5.74, 6) is 0. The predicted molar refractivity (Wildman–Crippen MR) is 119 cm³/mol. The number of thiophene rings is 1. The summed E-state index contributed by atoms with van der Waals surface area (Å²) in [6.07, 6.45) is 1.41. The number of halogens is 2. The van der Waals surface area contributed by atoms with Gasteiger partial charge in [0, 0.05) is 21.5 Å². The van der Waals surface area contributed by atoms with Crippen LogP contribution in [0.3, 0.4) is 0 Å². The Kier molecular flexibility index (Phi) is 5.24. The maximum absolute atomic E-state index is 13.0. The third-order valence-corrected chi connectivity index (χ3v) is 7.55. The third-order valence-electron chi connectivity index (χ3n) is 4.36. The molecule has 0 saturated heterocycles. The number of aromatic nitrogens is 1. The minimum atomic E-state index is -4.00. The maximum Gasteiger partial charge on any atom is 0.216 e. The summed E-state index contributed by atoms with van der Waals surface area (Å²) < 4.78 is 26.7. The first-order valence-electron chi connectivity index (χ1n) is 8.39. The van der Waals surface area contributed by atoms with Crippen LogP contribution in [0, 0.1) is 11.3 Å². The van der Waals surface area contributed by atoms with E-state index in [1.807, 2.05) is 36.4 Å². The monoisotopic (exact) mass is 458 g/mol. The number of benzene rings is 2. The highest BCUT2D eigenvalue weighted by Gasteiger charge is 2.23. The van der Waals surface area contributed by atoms with Crippen LogP contribution in [-0.2, 0) is 9.84 Å². The molecule has 0 spiro atoms. The number of para-hydroxylation sites is 1. The number of allylic oxidation sites excluding steroid dienone is 1. The molecule has 0 saturated carbocycles. The largest absolute Gasteiger partial charge is 0.353 e. The summed E-state index contributed by atoms with van der Waals surface area (Å²) in [5.41, 5.74) is 2.16. The summed E-state index contributed by atoms with van der Waals surface area (Å²) in [7, 11) is -4.00. The van der Waals surface area contributed by atoms with E-state index in [4.69, 9.17) is 23.2 Å². The molecule has 2 aromatic heterocycles. The zero-order valence-corrected chi connectivity index (χ0v) is 17.8. The summed E-state index contributed by atoms with van der Waals surface area (Å²) in [5, 5.41) is 10.9. The lowest BCUT2D eigenvalue weighted by molar-refractivity contribution is 0.603. The Morgan fingerprint density at radius 3 is 2.41 bits per heavy atom. The number of fused-ring (bicyclic) bond motifs is 1. The number of sulfone groups is 1. The van der Waals surface area contributed by atoms with Gasteiger partial charge in [-0.1, -0.05) is 41.4 Å². The van der Waals surface area contributed by atoms with Crippen molar-refractivity contribution >= 4 is 61.4 Å². The van der Waals surface area contributed by atoms with Crippen molar-refractivity contribution in [3.05, 3.63) is 80.5 Å². The van der Waals surface area contributed by atoms with E-state index in [2.05, 4.69) is 4.98 Å². The smallest absolute Gasteiger partial charge is 0.216 e. The van der Waals surface area contributed by atoms with Crippen LogP contribution in [0.25, 0.3) is 27.6 Å². The number of aromatic amines is 1. The highest BCUT2D eigenvalue weighted by atomic mass is 35.5. The summed E-state index contributed by atoms with van der Waals surface area (Å²) in [6.45, 7) is 0. The van der Waals surface area contributed by atoms with Crippen molar-refractivity contribution in [2.75, 3.05) is 0 Å². The van der Waals surface area contributed by atoms with Crippen molar-refractivity contribution in [2.45, 2.75) is 4.90 Å². The SMILES string of the molecule is N#CC(=Cc1c(-c2ccc(Cl)s2)[nH]c2ccccc12)S(=O)(=O)c1ccc(Cl)cc1. The molecule has 0 aliphatic carbocycles. The number of nitrogens with one attached hydrogen (secondary N) is 1. The molecule has 0 unspecified atom stereocenters. The van der Waals surface area contributed by atoms with E-state index in [0.717, 1.165) is 15.8 Å². The topological polar surface area (TPSA) is 73.7 Å². The van der Waals surface area contributed by atoms with Gasteiger partial charge in [0.1, 0.15) is 11.0 Å². The Labute approximate surface area is 181 Å². The van der Waals surface area contributed by atoms with E-state index in [1.54, 1.807) is 6.07 Å². The lowest BCUT2D eigenvalue weighted by atomic mass is 10.1. The molecule has 0 aliphatic rings. The first-order valence-corrected chi connectivity index (χ1v) is 11.4. The fourth-order valence-corrected chi connectivity index (χ4v) is 5.32. The molecule has 29 heavy (non-hydrogen) atoms. The molecule has 0 atom stereocenters. The molecule has 2 heterocycles. The second-order valence-electron chi connectivity index (χ2n) is 6.14. The second kappa shape index (κ2) is 7.69. The first kappa shape index (κ1) is 19.7. The second-order valence-corrected chi connectivity index (χ2v) is 10.2. The Hall–Kier alpha value is -2.56. The number of H-pyrrole nitrogens is 1. The zero-order valence-electron chi connectivity index (χ0n) is 14.7. The first-order chi connectivity index (χ1) is 13.9. The molecular weight excluding hydrogens is 447 g/mol. The summed E-state index contributed by atoms with van der Waals surface area (Å²) in [6, 6.07) is 18.7. The van der Waals surface area contributed by atoms with Crippen molar-refractivity contribution in [1.29, 1.82) is 5.26 Å². The molecule has 0 fully saturated rings. The van der Waals surface area contributed by atoms with Crippen molar-refractivity contribution in [1.82, 2.24) is 4.98 Å². The van der Waals surface area contributed by atoms with Crippen LogP contribution in [0.1, 0.15) is 5.56 Å². The van der Waals surface area contributed by atoms with Gasteiger partial charge in [0.05, 0.1) is 19.8 Å². The van der Waals surface area contributed by atoms with Crippen LogP contribution in [0.4, 0.5) is 0 Å². The van der Waals surface area contributed by atoms with Gasteiger partial charge in [0.25, 0.3) is 0 Å². The van der Waals surface area contributed by atoms with Gasteiger partial charge < -0.3 is 4.98 Å². The highest BCUT2D eigenvalue weighted by molar-refractivity contribution is 7.95. The molecule has 1 N–H and O–H groups in total. The summed E-state index contributed by atoms with van der Waals surface area (Å²) >= 11 is 13.3. The van der Waals surface area contributed by atoms with Crippen LogP contribution >= 0.6 is 34.5 Å². The highest BCUT2D eigenvalue weighted by Crippen LogP contribution is 2.38. The van der Waals surface area contributed by atoms with Crippen LogP contribution in [0.15, 0.2) is 70.5 Å². The minimum Gasteiger partial charge on any atom is -0.353 e. The molecule has 4 nitrogen and oxygen atoms in total. The zero-order chi connectivity index (χ0) is 20.6. The van der Waals surface area contributed by atoms with Crippen molar-refractivity contribution in [3.63, 3.8) is 0 Å². The molecular formula is C21H12Cl2N2O2S2. The van der Waals surface area contributed by atoms with E-state index in [9.17, 15) is 13.7 Å². The standard InChI is InChI=1S/C21H12Cl2N2O2S2/c22-13-5-7-14(8-6-13)29(26,27)15(12-24)11-17-16-3-1-2-4-18(16)25-21(17)19-9-10-20(23)28-19/h1-11,25H. The normalized spacial score (nSPS) is 12.2. The number of rotatable bonds is 4. The van der Waals surface area contributed by atoms with E-state index >= 15 is 0 Å². The van der Waals surface area contributed by atoms with Gasteiger partial charge in [-0.15, -0.1) is 11.3 Å². The van der Waals surface area contributed by atoms with Gasteiger partial charge in [-0.25, -0.2) is 8.42 Å². The van der Waals surface area contributed by atoms with Gasteiger partial charge in [0.15, 0.2) is 0 Å². The van der Waals surface area contributed by atoms with Gasteiger partial charge in [-0.05, 0) is 48.5 Å². The van der Waals surface area contributed by atoms with Gasteiger partial charge in [-0.2, -0.15) is 5.26 Å². The molecule has 0 radical (unpaired) electrons. The molecule has 2 aromatic carbocycles. The summed E-state index contributed by atoms with van der Waals surface area (Å²) in [4.78, 5) is 3.81. The number of hydrogen-bond donors (Lipinski definition) is 1. The van der Waals surface area contributed by atoms with Crippen LogP contribution in [0.5, 0.6) is 0 Å². The maximum atomic E-state index is 13.0. The average Bonchev–Trinajstić information content (AvgIpc) is 3.29. The Bertz CT molecular complexity index is 1390. The van der Waals surface area contributed by atoms with E-state index in [1.165, 1.54) is 41.7 Å². The third kappa shape index (κ3) is 3.70. The molecule has 0 amide bonds. The van der Waals surface area contributed by atoms with Gasteiger partial charge in [0.2, 0.25) is 9.84 Å². The van der Waals surface area contributed by atoms with Crippen LogP contribution in [0.2, 0.25) is 9.36 Å². The molecule has 144 valence electrons. The lowest BCUT2D eigenvalue weighted by Gasteiger charge is -2.04.